The van der Waals surface area contributed by atoms with Crippen LogP contribution in [-0.4, -0.2) is 65.7 Å². The average Bonchev–Trinajstić information content (AvgIpc) is 3.33. The number of carbonyl (C=O) groups is 1. The fourth-order valence-electron chi connectivity index (χ4n) is 6.19. The number of nitrogens with one attached hydrogen (secondary N) is 2. The first-order valence-electron chi connectivity index (χ1n) is 14.7. The molecule has 10 heteroatoms. The molecule has 1 saturated heterocycles. The van der Waals surface area contributed by atoms with Crippen molar-refractivity contribution in [2.24, 2.45) is 5.92 Å². The minimum atomic E-state index is -3.61. The summed E-state index contributed by atoms with van der Waals surface area (Å²) in [6, 6.07) is 13.9. The van der Waals surface area contributed by atoms with Gasteiger partial charge in [0.25, 0.3) is 0 Å². The number of aromatic nitrogens is 2. The van der Waals surface area contributed by atoms with Gasteiger partial charge in [0.05, 0.1) is 21.7 Å². The van der Waals surface area contributed by atoms with E-state index in [9.17, 15) is 13.2 Å². The first-order chi connectivity index (χ1) is 19.6. The number of benzene rings is 2. The Morgan fingerprint density at radius 1 is 1.07 bits per heavy atom. The van der Waals surface area contributed by atoms with Crippen LogP contribution in [0, 0.1) is 5.92 Å². The van der Waals surface area contributed by atoms with Crippen LogP contribution in [0.3, 0.4) is 0 Å². The fraction of sp³-hybridized carbons (Fsp3) is 0.516. The van der Waals surface area contributed by atoms with Crippen LogP contribution < -0.4 is 10.6 Å². The third-order valence-electron chi connectivity index (χ3n) is 8.40. The summed E-state index contributed by atoms with van der Waals surface area (Å²) in [5, 5.41) is 8.37. The number of rotatable bonds is 10. The van der Waals surface area contributed by atoms with E-state index in [4.69, 9.17) is 16.6 Å². The molecule has 2 N–H and O–H groups in total. The average molecular weight is 598 g/mol. The molecule has 2 fully saturated rings. The predicted octanol–water partition coefficient (Wildman–Crippen LogP) is 5.26. The molecule has 3 aromatic rings. The minimum Gasteiger partial charge on any atom is -0.358 e. The van der Waals surface area contributed by atoms with Crippen LogP contribution in [0.25, 0.3) is 10.9 Å². The van der Waals surface area contributed by atoms with Crippen molar-refractivity contribution in [2.45, 2.75) is 81.8 Å². The quantitative estimate of drug-likeness (QED) is 0.328. The lowest BCUT2D eigenvalue weighted by Gasteiger charge is -2.46. The normalized spacial score (nSPS) is 23.4. The van der Waals surface area contributed by atoms with Crippen molar-refractivity contribution >= 4 is 44.1 Å². The molecule has 1 atom stereocenters. The van der Waals surface area contributed by atoms with Crippen molar-refractivity contribution in [3.8, 4) is 0 Å². The van der Waals surface area contributed by atoms with Crippen molar-refractivity contribution in [1.29, 1.82) is 0 Å². The zero-order valence-corrected chi connectivity index (χ0v) is 25.6. The van der Waals surface area contributed by atoms with E-state index >= 15 is 0 Å². The Hall–Kier alpha value is -2.75. The van der Waals surface area contributed by atoms with Gasteiger partial charge in [-0.1, -0.05) is 50.6 Å². The van der Waals surface area contributed by atoms with E-state index in [0.717, 1.165) is 30.3 Å². The van der Waals surface area contributed by atoms with Crippen LogP contribution in [0.5, 0.6) is 0 Å². The molecule has 2 heterocycles. The van der Waals surface area contributed by atoms with Gasteiger partial charge in [-0.3, -0.25) is 4.79 Å². The Morgan fingerprint density at radius 2 is 1.80 bits per heavy atom. The topological polar surface area (TPSA) is 104 Å². The number of fused-ring (bicyclic) bond motifs is 1. The molecule has 2 aliphatic rings. The second-order valence-corrected chi connectivity index (χ2v) is 14.3. The lowest BCUT2D eigenvalue weighted by molar-refractivity contribution is -0.134. The lowest BCUT2D eigenvalue weighted by Crippen LogP contribution is -2.58. The second kappa shape index (κ2) is 12.2. The summed E-state index contributed by atoms with van der Waals surface area (Å²) < 4.78 is 27.4. The van der Waals surface area contributed by atoms with Crippen LogP contribution >= 0.6 is 11.6 Å². The zero-order valence-electron chi connectivity index (χ0n) is 24.1. The lowest BCUT2D eigenvalue weighted by atomic mass is 9.79. The molecule has 8 nitrogen and oxygen atoms in total. The number of hydrogen-bond acceptors (Lipinski definition) is 7. The molecule has 1 aromatic heterocycles. The Balaban J connectivity index is 1.42. The van der Waals surface area contributed by atoms with E-state index < -0.39 is 21.4 Å². The fourth-order valence-corrected chi connectivity index (χ4v) is 8.25. The molecule has 5 rings (SSSR count). The van der Waals surface area contributed by atoms with Gasteiger partial charge in [-0.15, -0.1) is 0 Å². The number of aryl methyl sites for hydroxylation is 1. The summed E-state index contributed by atoms with van der Waals surface area (Å²) in [5.41, 5.74) is 0.00722. The highest BCUT2D eigenvalue weighted by Crippen LogP contribution is 2.40. The summed E-state index contributed by atoms with van der Waals surface area (Å²) in [6.45, 7) is 7.77. The summed E-state index contributed by atoms with van der Waals surface area (Å²) in [5.74, 6) is 1.65. The van der Waals surface area contributed by atoms with Crippen LogP contribution in [-0.2, 0) is 21.1 Å². The molecule has 220 valence electrons. The molecule has 1 aliphatic heterocycles. The van der Waals surface area contributed by atoms with Gasteiger partial charge >= 0.3 is 0 Å². The highest BCUT2D eigenvalue weighted by Gasteiger charge is 2.49. The smallest absolute Gasteiger partial charge is 0.245 e. The molecule has 41 heavy (non-hydrogen) atoms. The summed E-state index contributed by atoms with van der Waals surface area (Å²) in [7, 11) is -3.61. The number of nitrogens with zero attached hydrogens (tertiary/aromatic N) is 3. The van der Waals surface area contributed by atoms with Gasteiger partial charge in [-0.25, -0.2) is 18.4 Å². The van der Waals surface area contributed by atoms with Gasteiger partial charge in [0.1, 0.15) is 17.7 Å². The molecule has 0 radical (unpaired) electrons. The highest BCUT2D eigenvalue weighted by molar-refractivity contribution is 7.91. The molecule has 2 aromatic carbocycles. The Kier molecular flexibility index (Phi) is 8.87. The van der Waals surface area contributed by atoms with Gasteiger partial charge in [-0.2, -0.15) is 0 Å². The maximum atomic E-state index is 14.1. The van der Waals surface area contributed by atoms with Crippen LogP contribution in [0.1, 0.15) is 58.7 Å². The summed E-state index contributed by atoms with van der Waals surface area (Å²) in [6.07, 6.45) is 4.15. The maximum absolute atomic E-state index is 14.1. The molecule has 1 saturated carbocycles. The number of amides is 1. The van der Waals surface area contributed by atoms with Gasteiger partial charge in [0, 0.05) is 29.4 Å². The number of halogens is 1. The van der Waals surface area contributed by atoms with Gasteiger partial charge in [0.15, 0.2) is 9.84 Å². The third kappa shape index (κ3) is 6.52. The van der Waals surface area contributed by atoms with E-state index in [2.05, 4.69) is 29.5 Å². The van der Waals surface area contributed by atoms with E-state index in [1.807, 2.05) is 30.0 Å². The van der Waals surface area contributed by atoms with Crippen molar-refractivity contribution in [2.75, 3.05) is 24.2 Å². The summed E-state index contributed by atoms with van der Waals surface area (Å²) >= 11 is 6.30. The van der Waals surface area contributed by atoms with Crippen molar-refractivity contribution < 1.29 is 13.2 Å². The van der Waals surface area contributed by atoms with E-state index in [-0.39, 0.29) is 11.7 Å². The SMILES string of the molecule is CCc1nc(N[C@H]2CCN(C3(CS(=O)(=O)c4ccccc4)CCC(NCC(C)C)CC3)C2=O)c2cc(Cl)ccc2n1. The van der Waals surface area contributed by atoms with Crippen molar-refractivity contribution in [3.05, 3.63) is 59.4 Å². The van der Waals surface area contributed by atoms with Gasteiger partial charge in [-0.05, 0) is 74.9 Å². The Morgan fingerprint density at radius 3 is 2.49 bits per heavy atom. The first kappa shape index (κ1) is 29.7. The van der Waals surface area contributed by atoms with Gasteiger partial charge < -0.3 is 15.5 Å². The van der Waals surface area contributed by atoms with E-state index in [0.29, 0.717) is 65.7 Å². The molecular formula is C31H40ClN5O3S. The number of likely N-dealkylation sites (tertiary alicyclic amines) is 1. The number of carbonyl (C=O) groups excluding carboxylic acids is 1. The monoisotopic (exact) mass is 597 g/mol. The largest absolute Gasteiger partial charge is 0.358 e. The van der Waals surface area contributed by atoms with E-state index in [1.54, 1.807) is 30.3 Å². The number of hydrogen-bond donors (Lipinski definition) is 2. The maximum Gasteiger partial charge on any atom is 0.245 e. The molecule has 0 spiro atoms. The molecule has 1 aliphatic carbocycles. The van der Waals surface area contributed by atoms with Crippen LogP contribution in [0.15, 0.2) is 53.4 Å². The molecule has 0 unspecified atom stereocenters. The number of anilines is 1. The van der Waals surface area contributed by atoms with Crippen LogP contribution in [0.4, 0.5) is 5.82 Å². The Labute approximate surface area is 248 Å². The number of sulfone groups is 1. The van der Waals surface area contributed by atoms with Gasteiger partial charge in [0.2, 0.25) is 5.91 Å². The van der Waals surface area contributed by atoms with Crippen molar-refractivity contribution in [1.82, 2.24) is 20.2 Å². The first-order valence-corrected chi connectivity index (χ1v) is 16.7. The minimum absolute atomic E-state index is 0.0753. The second-order valence-electron chi connectivity index (χ2n) is 11.9. The molecule has 1 amide bonds. The van der Waals surface area contributed by atoms with Crippen LogP contribution in [0.2, 0.25) is 5.02 Å². The summed E-state index contributed by atoms with van der Waals surface area (Å²) in [4.78, 5) is 25.6. The third-order valence-corrected chi connectivity index (χ3v) is 10.5. The Bertz CT molecular complexity index is 1490. The van der Waals surface area contributed by atoms with E-state index in [1.165, 1.54) is 0 Å². The molecular weight excluding hydrogens is 558 g/mol. The molecule has 0 bridgehead atoms. The standard InChI is InChI=1S/C31H40ClN5O3S/c1-4-28-34-26-11-10-22(32)18-25(26)29(36-28)35-27-14-17-37(30(27)38)31(15-12-23(13-16-31)33-19-21(2)3)20-41(39,40)24-8-6-5-7-9-24/h5-11,18,21,23,27,33H,4,12-17,19-20H2,1-3H3,(H,34,35,36)/t23?,27-,31?/m0/s1. The predicted molar refractivity (Wildman–Crippen MR) is 164 cm³/mol. The zero-order chi connectivity index (χ0) is 29.2. The van der Waals surface area contributed by atoms with Crippen molar-refractivity contribution in [3.63, 3.8) is 0 Å². The highest BCUT2D eigenvalue weighted by atomic mass is 35.5.